The van der Waals surface area contributed by atoms with Gasteiger partial charge in [-0.3, -0.25) is 0 Å². The Bertz CT molecular complexity index is 3090. The number of anilines is 3. The van der Waals surface area contributed by atoms with Gasteiger partial charge in [-0.25, -0.2) is 0 Å². The van der Waals surface area contributed by atoms with E-state index in [1.54, 1.807) is 0 Å². The van der Waals surface area contributed by atoms with E-state index in [0.717, 1.165) is 39.0 Å². The molecule has 0 radical (unpaired) electrons. The molecule has 2 heteroatoms. The Morgan fingerprint density at radius 2 is 0.945 bits per heavy atom. The minimum Gasteiger partial charge on any atom is -0.454 e. The molecule has 2 aliphatic carbocycles. The van der Waals surface area contributed by atoms with Crippen molar-refractivity contribution < 1.29 is 4.42 Å². The summed E-state index contributed by atoms with van der Waals surface area (Å²) in [5, 5.41) is 4.67. The van der Waals surface area contributed by atoms with Gasteiger partial charge in [0.15, 0.2) is 5.58 Å². The predicted octanol–water partition coefficient (Wildman–Crippen LogP) is 14.2. The smallest absolute Gasteiger partial charge is 0.159 e. The molecule has 0 aliphatic heterocycles. The van der Waals surface area contributed by atoms with Crippen molar-refractivity contribution in [1.82, 2.24) is 0 Å². The Morgan fingerprint density at radius 3 is 1.65 bits per heavy atom. The van der Waals surface area contributed by atoms with Crippen molar-refractivity contribution >= 4 is 49.8 Å². The van der Waals surface area contributed by atoms with Crippen LogP contribution >= 0.6 is 0 Å². The van der Waals surface area contributed by atoms with Gasteiger partial charge in [-0.15, -0.1) is 0 Å². The molecule has 0 atom stereocenters. The Kier molecular flexibility index (Phi) is 6.29. The monoisotopic (exact) mass is 699 g/mol. The molecular formula is C53H33NO. The lowest BCUT2D eigenvalue weighted by Crippen LogP contribution is -2.26. The summed E-state index contributed by atoms with van der Waals surface area (Å²) in [5.74, 6) is 0. The van der Waals surface area contributed by atoms with Gasteiger partial charge in [-0.2, -0.15) is 0 Å². The highest BCUT2D eigenvalue weighted by Gasteiger charge is 2.51. The zero-order valence-electron chi connectivity index (χ0n) is 29.9. The molecule has 0 amide bonds. The second-order valence-corrected chi connectivity index (χ2v) is 14.8. The van der Waals surface area contributed by atoms with Crippen LogP contribution in [0, 0.1) is 0 Å². The summed E-state index contributed by atoms with van der Waals surface area (Å²) in [6.45, 7) is 0. The van der Waals surface area contributed by atoms with Crippen molar-refractivity contribution in [3.05, 3.63) is 222 Å². The Labute approximate surface area is 319 Å². The quantitative estimate of drug-likeness (QED) is 0.182. The predicted molar refractivity (Wildman–Crippen MR) is 228 cm³/mol. The fourth-order valence-corrected chi connectivity index (χ4v) is 9.81. The zero-order chi connectivity index (χ0) is 36.1. The van der Waals surface area contributed by atoms with Crippen LogP contribution in [0.1, 0.15) is 22.3 Å². The van der Waals surface area contributed by atoms with Gasteiger partial charge in [-0.05, 0) is 103 Å². The number of benzene rings is 9. The summed E-state index contributed by atoms with van der Waals surface area (Å²) in [7, 11) is 0. The molecule has 2 nitrogen and oxygen atoms in total. The first kappa shape index (κ1) is 30.3. The van der Waals surface area contributed by atoms with Gasteiger partial charge in [0.2, 0.25) is 0 Å². The summed E-state index contributed by atoms with van der Waals surface area (Å²) in [4.78, 5) is 2.39. The molecule has 10 aromatic rings. The highest BCUT2D eigenvalue weighted by atomic mass is 16.3. The number of rotatable bonds is 4. The fraction of sp³-hybridized carbons (Fsp3) is 0.0189. The lowest BCUT2D eigenvalue weighted by Gasteiger charge is -2.32. The van der Waals surface area contributed by atoms with Crippen LogP contribution in [0.3, 0.4) is 0 Å². The van der Waals surface area contributed by atoms with Crippen LogP contribution in [0.2, 0.25) is 0 Å². The summed E-state index contributed by atoms with van der Waals surface area (Å²) in [6.07, 6.45) is 0. The van der Waals surface area contributed by atoms with E-state index in [9.17, 15) is 0 Å². The van der Waals surface area contributed by atoms with E-state index in [-0.39, 0.29) is 0 Å². The van der Waals surface area contributed by atoms with E-state index in [2.05, 4.69) is 205 Å². The minimum atomic E-state index is -0.442. The topological polar surface area (TPSA) is 16.4 Å². The van der Waals surface area contributed by atoms with Gasteiger partial charge < -0.3 is 9.32 Å². The Hall–Kier alpha value is -7.16. The van der Waals surface area contributed by atoms with Gasteiger partial charge in [0.05, 0.1) is 11.1 Å². The molecule has 2 aliphatic rings. The normalized spacial score (nSPS) is 13.2. The molecule has 1 spiro atoms. The summed E-state index contributed by atoms with van der Waals surface area (Å²) >= 11 is 0. The number of furan rings is 1. The van der Waals surface area contributed by atoms with E-state index in [1.165, 1.54) is 66.4 Å². The standard InChI is InChI=1S/C53H33NO/c1-2-13-34(14-3-1)35-25-28-37(29-26-35)54(49-24-12-20-44-51-39-16-5-4-15-36(39)27-32-50(51)55-52(44)49)38-30-31-43-42-19-8-11-23-47(42)53(48(43)33-38)45-21-9-6-17-40(45)41-18-7-10-22-46(41)53/h1-33H. The molecular weight excluding hydrogens is 667 g/mol. The molecule has 256 valence electrons. The third-order valence-corrected chi connectivity index (χ3v) is 12.1. The van der Waals surface area contributed by atoms with Crippen LogP contribution in [0.25, 0.3) is 66.1 Å². The van der Waals surface area contributed by atoms with E-state index in [0.29, 0.717) is 0 Å². The van der Waals surface area contributed by atoms with Crippen molar-refractivity contribution in [1.29, 1.82) is 0 Å². The van der Waals surface area contributed by atoms with Gasteiger partial charge in [0.25, 0.3) is 0 Å². The lowest BCUT2D eigenvalue weighted by molar-refractivity contribution is 0.669. The molecule has 55 heavy (non-hydrogen) atoms. The van der Waals surface area contributed by atoms with Crippen molar-refractivity contribution in [3.63, 3.8) is 0 Å². The van der Waals surface area contributed by atoms with Gasteiger partial charge in [-0.1, -0.05) is 164 Å². The molecule has 0 saturated carbocycles. The number of para-hydroxylation sites is 1. The van der Waals surface area contributed by atoms with Crippen LogP contribution < -0.4 is 4.90 Å². The second kappa shape index (κ2) is 11.4. The average molecular weight is 700 g/mol. The maximum atomic E-state index is 6.90. The number of hydrogen-bond donors (Lipinski definition) is 0. The van der Waals surface area contributed by atoms with Crippen molar-refractivity contribution in [2.24, 2.45) is 0 Å². The highest BCUT2D eigenvalue weighted by molar-refractivity contribution is 6.21. The fourth-order valence-electron chi connectivity index (χ4n) is 9.81. The maximum absolute atomic E-state index is 6.90. The summed E-state index contributed by atoms with van der Waals surface area (Å²) in [5.41, 5.74) is 17.3. The largest absolute Gasteiger partial charge is 0.454 e. The third kappa shape index (κ3) is 4.14. The van der Waals surface area contributed by atoms with E-state index < -0.39 is 5.41 Å². The number of hydrogen-bond acceptors (Lipinski definition) is 2. The first-order valence-electron chi connectivity index (χ1n) is 19.0. The maximum Gasteiger partial charge on any atom is 0.159 e. The van der Waals surface area contributed by atoms with Crippen molar-refractivity contribution in [3.8, 4) is 33.4 Å². The molecule has 9 aromatic carbocycles. The highest BCUT2D eigenvalue weighted by Crippen LogP contribution is 2.63. The molecule has 0 fully saturated rings. The first-order chi connectivity index (χ1) is 27.3. The van der Waals surface area contributed by atoms with Crippen LogP contribution in [-0.4, -0.2) is 0 Å². The van der Waals surface area contributed by atoms with Gasteiger partial charge in [0, 0.05) is 22.1 Å². The van der Waals surface area contributed by atoms with Crippen molar-refractivity contribution in [2.45, 2.75) is 5.41 Å². The Morgan fingerprint density at radius 1 is 0.382 bits per heavy atom. The van der Waals surface area contributed by atoms with Crippen LogP contribution in [0.4, 0.5) is 17.1 Å². The second-order valence-electron chi connectivity index (χ2n) is 14.8. The van der Waals surface area contributed by atoms with Crippen LogP contribution in [0.15, 0.2) is 205 Å². The summed E-state index contributed by atoms with van der Waals surface area (Å²) < 4.78 is 6.90. The molecule has 1 heterocycles. The van der Waals surface area contributed by atoms with Crippen molar-refractivity contribution in [2.75, 3.05) is 4.90 Å². The van der Waals surface area contributed by atoms with E-state index in [1.807, 2.05) is 0 Å². The van der Waals surface area contributed by atoms with Crippen LogP contribution in [-0.2, 0) is 5.41 Å². The zero-order valence-corrected chi connectivity index (χ0v) is 29.9. The van der Waals surface area contributed by atoms with E-state index >= 15 is 0 Å². The molecule has 0 N–H and O–H groups in total. The number of fused-ring (bicyclic) bond motifs is 15. The van der Waals surface area contributed by atoms with Gasteiger partial charge >= 0.3 is 0 Å². The molecule has 1 aromatic heterocycles. The van der Waals surface area contributed by atoms with E-state index in [4.69, 9.17) is 4.42 Å². The molecule has 0 bridgehead atoms. The molecule has 0 saturated heterocycles. The van der Waals surface area contributed by atoms with Gasteiger partial charge in [0.1, 0.15) is 5.58 Å². The number of nitrogens with zero attached hydrogens (tertiary/aromatic N) is 1. The lowest BCUT2D eigenvalue weighted by atomic mass is 9.70. The molecule has 12 rings (SSSR count). The molecule has 0 unspecified atom stereocenters. The first-order valence-corrected chi connectivity index (χ1v) is 19.0. The van der Waals surface area contributed by atoms with Crippen LogP contribution in [0.5, 0.6) is 0 Å². The third-order valence-electron chi connectivity index (χ3n) is 12.1. The Balaban J connectivity index is 1.14. The minimum absolute atomic E-state index is 0.442. The SMILES string of the molecule is c1ccc(-c2ccc(N(c3ccc4c(c3)C3(c5ccccc5-c5ccccc53)c3ccccc3-4)c3cccc4c3oc3ccc5ccccc5c34)cc2)cc1. The summed E-state index contributed by atoms with van der Waals surface area (Å²) in [6, 6.07) is 73.1. The average Bonchev–Trinajstić information content (AvgIpc) is 3.89.